The van der Waals surface area contributed by atoms with Gasteiger partial charge in [0.25, 0.3) is 0 Å². The molecule has 0 atom stereocenters. The average molecular weight is 344 g/mol. The molecule has 9 heteroatoms. The van der Waals surface area contributed by atoms with Gasteiger partial charge in [0, 0.05) is 32.2 Å². The number of methoxy groups -OCH3 is 2. The zero-order valence-electron chi connectivity index (χ0n) is 14.2. The fourth-order valence-corrected chi connectivity index (χ4v) is 2.56. The fourth-order valence-electron chi connectivity index (χ4n) is 2.56. The number of benzene rings is 1. The van der Waals surface area contributed by atoms with Crippen LogP contribution in [0.5, 0.6) is 11.5 Å². The predicted octanol–water partition coefficient (Wildman–Crippen LogP) is 0.911. The lowest BCUT2D eigenvalue weighted by atomic mass is 10.2. The van der Waals surface area contributed by atoms with Gasteiger partial charge in [-0.2, -0.15) is 10.1 Å². The highest BCUT2D eigenvalue weighted by atomic mass is 16.5. The third kappa shape index (κ3) is 3.87. The Morgan fingerprint density at radius 2 is 1.96 bits per heavy atom. The normalized spacial score (nSPS) is 14.2. The van der Waals surface area contributed by atoms with Crippen molar-refractivity contribution in [2.24, 2.45) is 0 Å². The maximum absolute atomic E-state index is 10.8. The monoisotopic (exact) mass is 344 g/mol. The second kappa shape index (κ2) is 7.65. The maximum atomic E-state index is 10.8. The molecule has 1 fully saturated rings. The number of carbonyl (C=O) groups is 1. The van der Waals surface area contributed by atoms with Gasteiger partial charge < -0.3 is 24.6 Å². The molecule has 1 amide bonds. The van der Waals surface area contributed by atoms with Gasteiger partial charge in [-0.25, -0.2) is 0 Å². The molecule has 9 nitrogen and oxygen atoms in total. The molecule has 2 heterocycles. The zero-order chi connectivity index (χ0) is 17.6. The Balaban J connectivity index is 1.75. The Labute approximate surface area is 145 Å². The molecule has 1 aromatic carbocycles. The molecule has 2 aromatic rings. The fraction of sp³-hybridized carbons (Fsp3) is 0.375. The van der Waals surface area contributed by atoms with E-state index in [9.17, 15) is 4.79 Å². The van der Waals surface area contributed by atoms with Gasteiger partial charge in [-0.3, -0.25) is 4.79 Å². The van der Waals surface area contributed by atoms with Crippen LogP contribution in [0.4, 0.5) is 17.5 Å². The number of nitrogens with one attached hydrogen (secondary N) is 1. The van der Waals surface area contributed by atoms with Gasteiger partial charge in [0.1, 0.15) is 11.5 Å². The summed E-state index contributed by atoms with van der Waals surface area (Å²) in [7, 11) is 3.20. The predicted molar refractivity (Wildman–Crippen MR) is 92.5 cm³/mol. The SMILES string of the molecule is COc1ccc(Nc2cnnc(N3CCN(C=O)CC3)n2)c(OC)c1. The number of anilines is 3. The number of amides is 1. The van der Waals surface area contributed by atoms with Gasteiger partial charge in [-0.1, -0.05) is 0 Å². The van der Waals surface area contributed by atoms with Crippen molar-refractivity contribution in [3.63, 3.8) is 0 Å². The minimum atomic E-state index is 0.531. The van der Waals surface area contributed by atoms with Crippen molar-refractivity contribution >= 4 is 23.9 Å². The molecular formula is C16H20N6O3. The number of rotatable bonds is 6. The molecule has 3 rings (SSSR count). The number of aromatic nitrogens is 3. The van der Waals surface area contributed by atoms with E-state index in [1.807, 2.05) is 17.0 Å². The van der Waals surface area contributed by atoms with Gasteiger partial charge in [-0.15, -0.1) is 5.10 Å². The van der Waals surface area contributed by atoms with Crippen LogP contribution < -0.4 is 19.7 Å². The van der Waals surface area contributed by atoms with Gasteiger partial charge in [0.2, 0.25) is 12.4 Å². The first-order valence-electron chi connectivity index (χ1n) is 7.86. The van der Waals surface area contributed by atoms with Crippen LogP contribution in [0.2, 0.25) is 0 Å². The summed E-state index contributed by atoms with van der Waals surface area (Å²) in [6.45, 7) is 2.65. The van der Waals surface area contributed by atoms with Crippen LogP contribution in [0, 0.1) is 0 Å². The van der Waals surface area contributed by atoms with E-state index in [1.54, 1.807) is 31.4 Å². The molecule has 1 aliphatic heterocycles. The second-order valence-electron chi connectivity index (χ2n) is 5.46. The minimum absolute atomic E-state index is 0.531. The van der Waals surface area contributed by atoms with Crippen LogP contribution in [0.25, 0.3) is 0 Å². The molecule has 0 spiro atoms. The van der Waals surface area contributed by atoms with Crippen LogP contribution in [0.15, 0.2) is 24.4 Å². The highest BCUT2D eigenvalue weighted by molar-refractivity contribution is 5.65. The summed E-state index contributed by atoms with van der Waals surface area (Å²) in [5, 5.41) is 11.3. The van der Waals surface area contributed by atoms with Gasteiger partial charge in [-0.05, 0) is 12.1 Å². The highest BCUT2D eigenvalue weighted by Crippen LogP contribution is 2.31. The molecule has 1 aliphatic rings. The quantitative estimate of drug-likeness (QED) is 0.773. The van der Waals surface area contributed by atoms with E-state index in [4.69, 9.17) is 9.47 Å². The van der Waals surface area contributed by atoms with E-state index < -0.39 is 0 Å². The molecule has 1 N–H and O–H groups in total. The number of hydrogen-bond donors (Lipinski definition) is 1. The van der Waals surface area contributed by atoms with Crippen LogP contribution in [0.1, 0.15) is 0 Å². The lowest BCUT2D eigenvalue weighted by molar-refractivity contribution is -0.118. The molecule has 0 saturated carbocycles. The summed E-state index contributed by atoms with van der Waals surface area (Å²) in [5.41, 5.74) is 0.750. The number of carbonyl (C=O) groups excluding carboxylic acids is 1. The molecule has 0 bridgehead atoms. The Kier molecular flexibility index (Phi) is 5.12. The van der Waals surface area contributed by atoms with Gasteiger partial charge >= 0.3 is 0 Å². The van der Waals surface area contributed by atoms with Crippen molar-refractivity contribution in [2.45, 2.75) is 0 Å². The first-order valence-corrected chi connectivity index (χ1v) is 7.86. The first-order chi connectivity index (χ1) is 12.2. The molecular weight excluding hydrogens is 324 g/mol. The summed E-state index contributed by atoms with van der Waals surface area (Å²) in [5.74, 6) is 2.44. The van der Waals surface area contributed by atoms with E-state index in [2.05, 4.69) is 20.5 Å². The molecule has 1 saturated heterocycles. The maximum Gasteiger partial charge on any atom is 0.247 e. The van der Waals surface area contributed by atoms with E-state index in [0.29, 0.717) is 49.4 Å². The third-order valence-electron chi connectivity index (χ3n) is 3.97. The largest absolute Gasteiger partial charge is 0.497 e. The molecule has 0 radical (unpaired) electrons. The summed E-state index contributed by atoms with van der Waals surface area (Å²) >= 11 is 0. The van der Waals surface area contributed by atoms with Crippen LogP contribution >= 0.6 is 0 Å². The number of nitrogens with zero attached hydrogens (tertiary/aromatic N) is 5. The molecule has 132 valence electrons. The Morgan fingerprint density at radius 1 is 1.16 bits per heavy atom. The van der Waals surface area contributed by atoms with Crippen molar-refractivity contribution in [1.82, 2.24) is 20.1 Å². The summed E-state index contributed by atoms with van der Waals surface area (Å²) in [4.78, 5) is 19.0. The highest BCUT2D eigenvalue weighted by Gasteiger charge is 2.18. The van der Waals surface area contributed by atoms with Gasteiger partial charge in [0.05, 0.1) is 26.1 Å². The minimum Gasteiger partial charge on any atom is -0.497 e. The van der Waals surface area contributed by atoms with E-state index >= 15 is 0 Å². The Hall–Kier alpha value is -3.10. The first kappa shape index (κ1) is 16.7. The van der Waals surface area contributed by atoms with Crippen molar-refractivity contribution in [3.8, 4) is 11.5 Å². The van der Waals surface area contributed by atoms with Crippen LogP contribution in [-0.4, -0.2) is 66.9 Å². The summed E-state index contributed by atoms with van der Waals surface area (Å²) in [6, 6.07) is 5.47. The average Bonchev–Trinajstić information content (AvgIpc) is 2.68. The van der Waals surface area contributed by atoms with Crippen molar-refractivity contribution < 1.29 is 14.3 Å². The number of ether oxygens (including phenoxy) is 2. The molecule has 0 unspecified atom stereocenters. The van der Waals surface area contributed by atoms with E-state index in [0.717, 1.165) is 12.1 Å². The Bertz CT molecular complexity index is 734. The third-order valence-corrected chi connectivity index (χ3v) is 3.97. The molecule has 25 heavy (non-hydrogen) atoms. The smallest absolute Gasteiger partial charge is 0.247 e. The van der Waals surface area contributed by atoms with Crippen molar-refractivity contribution in [2.75, 3.05) is 50.6 Å². The van der Waals surface area contributed by atoms with E-state index in [-0.39, 0.29) is 0 Å². The standard InChI is InChI=1S/C16H20N6O3/c1-24-12-3-4-13(14(9-12)25-2)18-15-10-17-20-16(19-15)22-7-5-21(11-23)6-8-22/h3-4,9-11H,5-8H2,1-2H3,(H,18,19,20). The number of piperazine rings is 1. The molecule has 1 aromatic heterocycles. The lowest BCUT2D eigenvalue weighted by Gasteiger charge is -2.32. The van der Waals surface area contributed by atoms with Crippen molar-refractivity contribution in [1.29, 1.82) is 0 Å². The Morgan fingerprint density at radius 3 is 2.64 bits per heavy atom. The lowest BCUT2D eigenvalue weighted by Crippen LogP contribution is -2.46. The topological polar surface area (TPSA) is 92.7 Å². The zero-order valence-corrected chi connectivity index (χ0v) is 14.2. The van der Waals surface area contributed by atoms with E-state index in [1.165, 1.54) is 0 Å². The molecule has 0 aliphatic carbocycles. The van der Waals surface area contributed by atoms with Gasteiger partial charge in [0.15, 0.2) is 5.82 Å². The van der Waals surface area contributed by atoms with Crippen LogP contribution in [-0.2, 0) is 4.79 Å². The summed E-state index contributed by atoms with van der Waals surface area (Å²) < 4.78 is 10.6. The number of hydrogen-bond acceptors (Lipinski definition) is 8. The van der Waals surface area contributed by atoms with Crippen LogP contribution in [0.3, 0.4) is 0 Å². The van der Waals surface area contributed by atoms with Crippen molar-refractivity contribution in [3.05, 3.63) is 24.4 Å². The summed E-state index contributed by atoms with van der Waals surface area (Å²) in [6.07, 6.45) is 2.42. The second-order valence-corrected chi connectivity index (χ2v) is 5.46.